The Morgan fingerprint density at radius 1 is 1.44 bits per heavy atom. The molecule has 1 aromatic heterocycles. The molecular weight excluding hydrogens is 246 g/mol. The van der Waals surface area contributed by atoms with E-state index in [4.69, 9.17) is 0 Å². The Kier molecular flexibility index (Phi) is 3.76. The van der Waals surface area contributed by atoms with Gasteiger partial charge in [-0.1, -0.05) is 12.8 Å². The quantitative estimate of drug-likeness (QED) is 0.903. The summed E-state index contributed by atoms with van der Waals surface area (Å²) < 4.78 is 0. The maximum atomic E-state index is 11.2. The van der Waals surface area contributed by atoms with Crippen LogP contribution in [0.2, 0.25) is 0 Å². The first kappa shape index (κ1) is 13.5. The van der Waals surface area contributed by atoms with Crippen LogP contribution >= 0.6 is 11.3 Å². The van der Waals surface area contributed by atoms with Gasteiger partial charge in [-0.3, -0.25) is 4.79 Å². The molecule has 18 heavy (non-hydrogen) atoms. The maximum absolute atomic E-state index is 11.2. The Balaban J connectivity index is 2.16. The highest BCUT2D eigenvalue weighted by molar-refractivity contribution is 7.11. The summed E-state index contributed by atoms with van der Waals surface area (Å²) in [4.78, 5) is 17.0. The smallest absolute Gasteiger partial charge is 0.309 e. The first-order valence-corrected chi connectivity index (χ1v) is 7.41. The standard InChI is InChI=1S/C14H21NO2S/c1-9-11(8-14(2,3)13(16)17)18-12(15-9)10-6-4-5-7-10/h10H,4-8H2,1-3H3,(H,16,17). The Morgan fingerprint density at radius 2 is 2.06 bits per heavy atom. The van der Waals surface area contributed by atoms with Crippen molar-refractivity contribution >= 4 is 17.3 Å². The van der Waals surface area contributed by atoms with Gasteiger partial charge in [0.05, 0.1) is 16.1 Å². The SMILES string of the molecule is Cc1nc(C2CCCC2)sc1CC(C)(C)C(=O)O. The molecule has 1 N–H and O–H groups in total. The van der Waals surface area contributed by atoms with Gasteiger partial charge in [0.15, 0.2) is 0 Å². The van der Waals surface area contributed by atoms with E-state index in [1.54, 1.807) is 25.2 Å². The van der Waals surface area contributed by atoms with Crippen LogP contribution in [-0.2, 0) is 11.2 Å². The average molecular weight is 267 g/mol. The summed E-state index contributed by atoms with van der Waals surface area (Å²) in [6.07, 6.45) is 5.68. The Hall–Kier alpha value is -0.900. The molecule has 1 aliphatic carbocycles. The molecule has 3 nitrogen and oxygen atoms in total. The van der Waals surface area contributed by atoms with Gasteiger partial charge in [-0.25, -0.2) is 4.98 Å². The molecule has 0 aromatic carbocycles. The van der Waals surface area contributed by atoms with Crippen molar-refractivity contribution in [3.05, 3.63) is 15.6 Å². The number of thiazole rings is 1. The molecule has 4 heteroatoms. The fraction of sp³-hybridized carbons (Fsp3) is 0.714. The second-order valence-corrected chi connectivity index (χ2v) is 7.02. The van der Waals surface area contributed by atoms with Gasteiger partial charge in [-0.05, 0) is 40.0 Å². The molecule has 1 aromatic rings. The summed E-state index contributed by atoms with van der Waals surface area (Å²) in [5.41, 5.74) is 0.320. The minimum Gasteiger partial charge on any atom is -0.481 e. The predicted octanol–water partition coefficient (Wildman–Crippen LogP) is 3.76. The summed E-state index contributed by atoms with van der Waals surface area (Å²) in [6, 6.07) is 0. The second-order valence-electron chi connectivity index (χ2n) is 5.91. The number of hydrogen-bond donors (Lipinski definition) is 1. The first-order chi connectivity index (χ1) is 8.40. The van der Waals surface area contributed by atoms with Crippen LogP contribution in [0.5, 0.6) is 0 Å². The van der Waals surface area contributed by atoms with E-state index in [2.05, 4.69) is 4.98 Å². The number of nitrogens with zero attached hydrogens (tertiary/aromatic N) is 1. The van der Waals surface area contributed by atoms with Crippen LogP contribution in [0.3, 0.4) is 0 Å². The van der Waals surface area contributed by atoms with Crippen molar-refractivity contribution in [3.63, 3.8) is 0 Å². The number of hydrogen-bond acceptors (Lipinski definition) is 3. The highest BCUT2D eigenvalue weighted by Crippen LogP contribution is 2.38. The molecule has 1 aliphatic rings. The molecule has 0 atom stereocenters. The van der Waals surface area contributed by atoms with Crippen molar-refractivity contribution < 1.29 is 9.90 Å². The zero-order valence-electron chi connectivity index (χ0n) is 11.3. The van der Waals surface area contributed by atoms with E-state index < -0.39 is 11.4 Å². The van der Waals surface area contributed by atoms with E-state index in [0.717, 1.165) is 10.6 Å². The first-order valence-electron chi connectivity index (χ1n) is 6.60. The Bertz CT molecular complexity index is 445. The van der Waals surface area contributed by atoms with Gasteiger partial charge in [-0.2, -0.15) is 0 Å². The van der Waals surface area contributed by atoms with Crippen molar-refractivity contribution in [2.45, 2.75) is 58.8 Å². The van der Waals surface area contributed by atoms with Crippen LogP contribution in [-0.4, -0.2) is 16.1 Å². The third-order valence-electron chi connectivity index (χ3n) is 3.80. The van der Waals surface area contributed by atoms with Gasteiger partial charge < -0.3 is 5.11 Å². The molecular formula is C14H21NO2S. The van der Waals surface area contributed by atoms with Gasteiger partial charge in [-0.15, -0.1) is 11.3 Å². The van der Waals surface area contributed by atoms with Gasteiger partial charge in [0.25, 0.3) is 0 Å². The number of carboxylic acids is 1. The molecule has 0 saturated heterocycles. The average Bonchev–Trinajstić information content (AvgIpc) is 2.88. The zero-order valence-corrected chi connectivity index (χ0v) is 12.1. The van der Waals surface area contributed by atoms with E-state index in [1.165, 1.54) is 30.7 Å². The van der Waals surface area contributed by atoms with Crippen LogP contribution in [0, 0.1) is 12.3 Å². The number of carboxylic acid groups (broad SMARTS) is 1. The molecule has 0 aliphatic heterocycles. The third kappa shape index (κ3) is 2.74. The van der Waals surface area contributed by atoms with Crippen molar-refractivity contribution in [2.75, 3.05) is 0 Å². The largest absolute Gasteiger partial charge is 0.481 e. The number of aryl methyl sites for hydroxylation is 1. The molecule has 2 rings (SSSR count). The Labute approximate surface area is 112 Å². The number of rotatable bonds is 4. The van der Waals surface area contributed by atoms with Crippen LogP contribution in [0.25, 0.3) is 0 Å². The van der Waals surface area contributed by atoms with Gasteiger partial charge in [0.2, 0.25) is 0 Å². The molecule has 100 valence electrons. The van der Waals surface area contributed by atoms with Crippen LogP contribution in [0.4, 0.5) is 0 Å². The minimum atomic E-state index is -0.738. The van der Waals surface area contributed by atoms with Crippen molar-refractivity contribution in [1.29, 1.82) is 0 Å². The lowest BCUT2D eigenvalue weighted by Crippen LogP contribution is -2.26. The highest BCUT2D eigenvalue weighted by atomic mass is 32.1. The summed E-state index contributed by atoms with van der Waals surface area (Å²) in [5, 5.41) is 10.4. The van der Waals surface area contributed by atoms with E-state index in [-0.39, 0.29) is 0 Å². The number of carbonyl (C=O) groups is 1. The lowest BCUT2D eigenvalue weighted by Gasteiger charge is -2.17. The van der Waals surface area contributed by atoms with Crippen LogP contribution < -0.4 is 0 Å². The van der Waals surface area contributed by atoms with E-state index in [0.29, 0.717) is 12.3 Å². The van der Waals surface area contributed by atoms with Gasteiger partial charge in [0.1, 0.15) is 0 Å². The highest BCUT2D eigenvalue weighted by Gasteiger charge is 2.30. The lowest BCUT2D eigenvalue weighted by molar-refractivity contribution is -0.146. The fourth-order valence-corrected chi connectivity index (χ4v) is 3.90. The van der Waals surface area contributed by atoms with Crippen molar-refractivity contribution in [2.24, 2.45) is 5.41 Å². The third-order valence-corrected chi connectivity index (χ3v) is 5.11. The minimum absolute atomic E-state index is 0.582. The predicted molar refractivity (Wildman–Crippen MR) is 73.2 cm³/mol. The zero-order chi connectivity index (χ0) is 13.3. The fourth-order valence-electron chi connectivity index (χ4n) is 2.44. The van der Waals surface area contributed by atoms with Crippen LogP contribution in [0.1, 0.15) is 61.0 Å². The Morgan fingerprint density at radius 3 is 2.61 bits per heavy atom. The molecule has 0 unspecified atom stereocenters. The monoisotopic (exact) mass is 267 g/mol. The summed E-state index contributed by atoms with van der Waals surface area (Å²) in [6.45, 7) is 5.57. The number of aromatic nitrogens is 1. The van der Waals surface area contributed by atoms with E-state index >= 15 is 0 Å². The van der Waals surface area contributed by atoms with Crippen molar-refractivity contribution in [1.82, 2.24) is 4.98 Å². The lowest BCUT2D eigenvalue weighted by atomic mass is 9.88. The van der Waals surface area contributed by atoms with Crippen LogP contribution in [0.15, 0.2) is 0 Å². The van der Waals surface area contributed by atoms with E-state index in [9.17, 15) is 9.90 Å². The summed E-state index contributed by atoms with van der Waals surface area (Å²) >= 11 is 1.73. The topological polar surface area (TPSA) is 50.2 Å². The second kappa shape index (κ2) is 5.00. The molecule has 1 heterocycles. The van der Waals surface area contributed by atoms with Gasteiger partial charge >= 0.3 is 5.97 Å². The van der Waals surface area contributed by atoms with Gasteiger partial charge in [0, 0.05) is 10.8 Å². The molecule has 1 fully saturated rings. The van der Waals surface area contributed by atoms with Crippen molar-refractivity contribution in [3.8, 4) is 0 Å². The maximum Gasteiger partial charge on any atom is 0.309 e. The molecule has 0 amide bonds. The summed E-state index contributed by atoms with van der Waals surface area (Å²) in [5.74, 6) is -0.117. The van der Waals surface area contributed by atoms with E-state index in [1.807, 2.05) is 6.92 Å². The molecule has 0 spiro atoms. The molecule has 0 bridgehead atoms. The number of aliphatic carboxylic acids is 1. The summed E-state index contributed by atoms with van der Waals surface area (Å²) in [7, 11) is 0. The molecule has 1 saturated carbocycles. The molecule has 0 radical (unpaired) electrons. The normalized spacial score (nSPS) is 17.3.